The lowest BCUT2D eigenvalue weighted by Crippen LogP contribution is -2.40. The van der Waals surface area contributed by atoms with E-state index >= 15 is 0 Å². The van der Waals surface area contributed by atoms with Crippen molar-refractivity contribution < 1.29 is 18.0 Å². The van der Waals surface area contributed by atoms with E-state index in [9.17, 15) is 18.0 Å². The normalized spacial score (nSPS) is 12.0. The SMILES string of the molecule is CC(=O)c1csc(NC(=O)c2ccc(S(=O)(=O)NC(C)(C)C)cc2)n1. The minimum Gasteiger partial charge on any atom is -0.298 e. The van der Waals surface area contributed by atoms with Crippen molar-refractivity contribution in [3.63, 3.8) is 0 Å². The molecule has 1 heterocycles. The third-order valence-electron chi connectivity index (χ3n) is 2.95. The fourth-order valence-corrected chi connectivity index (χ4v) is 4.07. The maximum absolute atomic E-state index is 12.2. The summed E-state index contributed by atoms with van der Waals surface area (Å²) < 4.78 is 27.0. The van der Waals surface area contributed by atoms with Crippen LogP contribution in [0.25, 0.3) is 0 Å². The average Bonchev–Trinajstić information content (AvgIpc) is 2.93. The maximum atomic E-state index is 12.2. The molecule has 2 N–H and O–H groups in total. The summed E-state index contributed by atoms with van der Waals surface area (Å²) >= 11 is 1.14. The number of carbonyl (C=O) groups excluding carboxylic acids is 2. The molecule has 9 heteroatoms. The van der Waals surface area contributed by atoms with Crippen LogP contribution in [0.3, 0.4) is 0 Å². The van der Waals surface area contributed by atoms with Crippen LogP contribution in [-0.4, -0.2) is 30.6 Å². The predicted octanol–water partition coefficient (Wildman–Crippen LogP) is 2.67. The second-order valence-corrected chi connectivity index (χ2v) is 8.97. The molecule has 0 fully saturated rings. The highest BCUT2D eigenvalue weighted by Crippen LogP contribution is 2.18. The molecule has 7 nitrogen and oxygen atoms in total. The van der Waals surface area contributed by atoms with E-state index in [1.807, 2.05) is 0 Å². The molecule has 1 aromatic heterocycles. The van der Waals surface area contributed by atoms with Gasteiger partial charge in [-0.05, 0) is 45.0 Å². The number of ketones is 1. The molecule has 2 rings (SSSR count). The summed E-state index contributed by atoms with van der Waals surface area (Å²) in [6.45, 7) is 6.63. The summed E-state index contributed by atoms with van der Waals surface area (Å²) in [4.78, 5) is 27.5. The van der Waals surface area contributed by atoms with Crippen molar-refractivity contribution in [1.29, 1.82) is 0 Å². The first-order valence-electron chi connectivity index (χ1n) is 7.40. The van der Waals surface area contributed by atoms with Crippen LogP contribution >= 0.6 is 11.3 Å². The van der Waals surface area contributed by atoms with Crippen LogP contribution in [0.15, 0.2) is 34.5 Å². The molecule has 0 saturated heterocycles. The van der Waals surface area contributed by atoms with Gasteiger partial charge in [0.2, 0.25) is 10.0 Å². The first-order valence-corrected chi connectivity index (χ1v) is 9.76. The van der Waals surface area contributed by atoms with Crippen LogP contribution in [0.2, 0.25) is 0 Å². The Labute approximate surface area is 150 Å². The number of aromatic nitrogens is 1. The number of nitrogens with zero attached hydrogens (tertiary/aromatic N) is 1. The van der Waals surface area contributed by atoms with E-state index in [0.717, 1.165) is 11.3 Å². The zero-order valence-electron chi connectivity index (χ0n) is 14.3. The van der Waals surface area contributed by atoms with Crippen LogP contribution < -0.4 is 10.0 Å². The van der Waals surface area contributed by atoms with Gasteiger partial charge < -0.3 is 0 Å². The Morgan fingerprint density at radius 1 is 1.12 bits per heavy atom. The lowest BCUT2D eigenvalue weighted by atomic mass is 10.1. The lowest BCUT2D eigenvalue weighted by Gasteiger charge is -2.20. The highest BCUT2D eigenvalue weighted by molar-refractivity contribution is 7.89. The standard InChI is InChI=1S/C16H19N3O4S2/c1-10(20)13-9-24-15(17-13)18-14(21)11-5-7-12(8-6-11)25(22,23)19-16(2,3)4/h5-9,19H,1-4H3,(H,17,18,21). The highest BCUT2D eigenvalue weighted by Gasteiger charge is 2.22. The highest BCUT2D eigenvalue weighted by atomic mass is 32.2. The predicted molar refractivity (Wildman–Crippen MR) is 96.6 cm³/mol. The smallest absolute Gasteiger partial charge is 0.257 e. The summed E-state index contributed by atoms with van der Waals surface area (Å²) in [7, 11) is -3.66. The number of thiazole rings is 1. The Hall–Kier alpha value is -2.10. The van der Waals surface area contributed by atoms with Crippen molar-refractivity contribution in [2.75, 3.05) is 5.32 Å². The molecule has 0 atom stereocenters. The second kappa shape index (κ2) is 7.03. The first-order chi connectivity index (χ1) is 11.5. The molecule has 0 bridgehead atoms. The molecule has 134 valence electrons. The quantitative estimate of drug-likeness (QED) is 0.775. The van der Waals surface area contributed by atoms with E-state index in [1.165, 1.54) is 31.2 Å². The fourth-order valence-electron chi connectivity index (χ4n) is 1.91. The zero-order chi connectivity index (χ0) is 18.8. The van der Waals surface area contributed by atoms with Gasteiger partial charge in [0, 0.05) is 23.4 Å². The Kier molecular flexibility index (Phi) is 5.40. The van der Waals surface area contributed by atoms with E-state index in [2.05, 4.69) is 15.0 Å². The number of Topliss-reactive ketones (excluding diaryl/α,β-unsaturated/α-hetero) is 1. The van der Waals surface area contributed by atoms with Gasteiger partial charge in [0.15, 0.2) is 10.9 Å². The first kappa shape index (κ1) is 19.2. The van der Waals surface area contributed by atoms with Gasteiger partial charge in [0.25, 0.3) is 5.91 Å². The van der Waals surface area contributed by atoms with Crippen LogP contribution in [0.1, 0.15) is 48.5 Å². The van der Waals surface area contributed by atoms with Gasteiger partial charge in [-0.3, -0.25) is 14.9 Å². The molecule has 25 heavy (non-hydrogen) atoms. The number of amides is 1. The number of hydrogen-bond donors (Lipinski definition) is 2. The van der Waals surface area contributed by atoms with E-state index in [-0.39, 0.29) is 21.9 Å². The number of anilines is 1. The van der Waals surface area contributed by atoms with Crippen molar-refractivity contribution in [2.24, 2.45) is 0 Å². The molecule has 0 aliphatic heterocycles. The van der Waals surface area contributed by atoms with Crippen molar-refractivity contribution in [3.05, 3.63) is 40.9 Å². The van der Waals surface area contributed by atoms with Gasteiger partial charge in [-0.1, -0.05) is 0 Å². The molecule has 0 aliphatic rings. The van der Waals surface area contributed by atoms with Gasteiger partial charge in [-0.2, -0.15) is 0 Å². The minimum atomic E-state index is -3.66. The molecule has 0 aliphatic carbocycles. The maximum Gasteiger partial charge on any atom is 0.257 e. The zero-order valence-corrected chi connectivity index (χ0v) is 15.9. The monoisotopic (exact) mass is 381 g/mol. The molecular formula is C16H19N3O4S2. The molecular weight excluding hydrogens is 362 g/mol. The topological polar surface area (TPSA) is 105 Å². The number of rotatable bonds is 5. The van der Waals surface area contributed by atoms with E-state index in [0.29, 0.717) is 5.13 Å². The van der Waals surface area contributed by atoms with Gasteiger partial charge in [0.05, 0.1) is 4.90 Å². The number of nitrogens with one attached hydrogen (secondary N) is 2. The Morgan fingerprint density at radius 2 is 1.72 bits per heavy atom. The molecule has 0 spiro atoms. The number of hydrogen-bond acceptors (Lipinski definition) is 6. The average molecular weight is 381 g/mol. The van der Waals surface area contributed by atoms with E-state index in [1.54, 1.807) is 26.2 Å². The third-order valence-corrected chi connectivity index (χ3v) is 5.48. The van der Waals surface area contributed by atoms with Gasteiger partial charge >= 0.3 is 0 Å². The number of carbonyl (C=O) groups is 2. The summed E-state index contributed by atoms with van der Waals surface area (Å²) in [6.07, 6.45) is 0. The molecule has 0 radical (unpaired) electrons. The lowest BCUT2D eigenvalue weighted by molar-refractivity contribution is 0.100. The van der Waals surface area contributed by atoms with E-state index < -0.39 is 21.5 Å². The minimum absolute atomic E-state index is 0.0760. The summed E-state index contributed by atoms with van der Waals surface area (Å²) in [6, 6.07) is 5.58. The molecule has 1 amide bonds. The van der Waals surface area contributed by atoms with Crippen LogP contribution in [0, 0.1) is 0 Å². The Morgan fingerprint density at radius 3 is 2.20 bits per heavy atom. The van der Waals surface area contributed by atoms with Crippen LogP contribution in [-0.2, 0) is 10.0 Å². The van der Waals surface area contributed by atoms with Crippen molar-refractivity contribution in [3.8, 4) is 0 Å². The van der Waals surface area contributed by atoms with Crippen LogP contribution in [0.4, 0.5) is 5.13 Å². The number of sulfonamides is 1. The largest absolute Gasteiger partial charge is 0.298 e. The number of benzene rings is 1. The van der Waals surface area contributed by atoms with Crippen molar-refractivity contribution >= 4 is 38.2 Å². The van der Waals surface area contributed by atoms with E-state index in [4.69, 9.17) is 0 Å². The third kappa shape index (κ3) is 5.18. The second-order valence-electron chi connectivity index (χ2n) is 6.43. The van der Waals surface area contributed by atoms with Crippen molar-refractivity contribution in [2.45, 2.75) is 38.1 Å². The molecule has 1 aromatic carbocycles. The summed E-state index contributed by atoms with van der Waals surface area (Å²) in [5, 5.41) is 4.45. The Bertz CT molecular complexity index is 894. The van der Waals surface area contributed by atoms with Gasteiger partial charge in [-0.15, -0.1) is 11.3 Å². The van der Waals surface area contributed by atoms with Gasteiger partial charge in [0.1, 0.15) is 5.69 Å². The van der Waals surface area contributed by atoms with Gasteiger partial charge in [-0.25, -0.2) is 18.1 Å². The summed E-state index contributed by atoms with van der Waals surface area (Å²) in [5.74, 6) is -0.616. The van der Waals surface area contributed by atoms with Crippen molar-refractivity contribution in [1.82, 2.24) is 9.71 Å². The van der Waals surface area contributed by atoms with Crippen LogP contribution in [0.5, 0.6) is 0 Å². The molecule has 0 unspecified atom stereocenters. The Balaban J connectivity index is 2.13. The molecule has 2 aromatic rings. The fraction of sp³-hybridized carbons (Fsp3) is 0.312. The molecule has 0 saturated carbocycles. The summed E-state index contributed by atoms with van der Waals surface area (Å²) in [5.41, 5.74) is -0.0296.